The van der Waals surface area contributed by atoms with Gasteiger partial charge < -0.3 is 14.6 Å². The maximum atomic E-state index is 15.0. The van der Waals surface area contributed by atoms with Gasteiger partial charge in [-0.25, -0.2) is 23.7 Å². The second-order valence-electron chi connectivity index (χ2n) is 10.1. The molecule has 5 rings (SSSR count). The number of ether oxygens (including phenoxy) is 1. The van der Waals surface area contributed by atoms with Crippen LogP contribution in [0.15, 0.2) is 36.7 Å². The topological polar surface area (TPSA) is 84.2 Å². The Kier molecular flexibility index (Phi) is 8.10. The smallest absolute Gasteiger partial charge is 0.227 e. The number of aryl methyl sites for hydroxylation is 1. The van der Waals surface area contributed by atoms with Crippen LogP contribution in [-0.2, 0) is 11.3 Å². The maximum Gasteiger partial charge on any atom is 0.227 e. The molecule has 0 radical (unpaired) electrons. The maximum absolute atomic E-state index is 15.0. The van der Waals surface area contributed by atoms with Gasteiger partial charge in [0.25, 0.3) is 0 Å². The normalized spacial score (nSPS) is 14.9. The van der Waals surface area contributed by atoms with Gasteiger partial charge in [0.1, 0.15) is 17.0 Å². The molecule has 1 N–H and O–H groups in total. The highest BCUT2D eigenvalue weighted by atomic mass is 19.1. The van der Waals surface area contributed by atoms with Crippen LogP contribution in [0.25, 0.3) is 22.3 Å². The Morgan fingerprint density at radius 2 is 1.74 bits per heavy atom. The molecule has 206 valence electrons. The number of nitrogens with zero attached hydrogens (tertiary/aromatic N) is 7. The van der Waals surface area contributed by atoms with Crippen LogP contribution in [-0.4, -0.2) is 80.7 Å². The largest absolute Gasteiger partial charge is 0.383 e. The van der Waals surface area contributed by atoms with Crippen LogP contribution in [0.5, 0.6) is 0 Å². The highest BCUT2D eigenvalue weighted by Crippen LogP contribution is 2.30. The molecule has 1 fully saturated rings. The molecule has 0 spiro atoms. The molecule has 1 aliphatic rings. The molecular weight excluding hydrogens is 502 g/mol. The molecule has 4 aromatic rings. The van der Waals surface area contributed by atoms with Crippen molar-refractivity contribution in [2.75, 3.05) is 51.8 Å². The van der Waals surface area contributed by atoms with Crippen molar-refractivity contribution in [2.45, 2.75) is 33.4 Å². The number of nitrogens with one attached hydrogen (secondary N) is 1. The van der Waals surface area contributed by atoms with E-state index in [0.717, 1.165) is 57.8 Å². The van der Waals surface area contributed by atoms with Gasteiger partial charge in [0, 0.05) is 58.0 Å². The van der Waals surface area contributed by atoms with Crippen molar-refractivity contribution < 1.29 is 13.5 Å². The highest BCUT2D eigenvalue weighted by Gasteiger charge is 2.19. The third-order valence-electron chi connectivity index (χ3n) is 7.00. The van der Waals surface area contributed by atoms with Gasteiger partial charge in [-0.15, -0.1) is 0 Å². The number of rotatable bonds is 9. The lowest BCUT2D eigenvalue weighted by Gasteiger charge is -2.34. The van der Waals surface area contributed by atoms with Crippen molar-refractivity contribution in [2.24, 2.45) is 0 Å². The number of piperazine rings is 1. The first kappa shape index (κ1) is 27.0. The Balaban J connectivity index is 1.29. The van der Waals surface area contributed by atoms with Gasteiger partial charge in [0.2, 0.25) is 5.95 Å². The van der Waals surface area contributed by atoms with Crippen LogP contribution >= 0.6 is 0 Å². The molecule has 39 heavy (non-hydrogen) atoms. The fourth-order valence-electron chi connectivity index (χ4n) is 5.03. The molecule has 0 bridgehead atoms. The zero-order chi connectivity index (χ0) is 27.5. The molecule has 3 aromatic heterocycles. The van der Waals surface area contributed by atoms with E-state index >= 15 is 0 Å². The summed E-state index contributed by atoms with van der Waals surface area (Å²) in [6, 6.07) is 6.92. The van der Waals surface area contributed by atoms with Gasteiger partial charge in [0.05, 0.1) is 35.9 Å². The van der Waals surface area contributed by atoms with E-state index in [1.807, 2.05) is 37.5 Å². The number of anilines is 2. The van der Waals surface area contributed by atoms with Crippen molar-refractivity contribution >= 4 is 22.7 Å². The Morgan fingerprint density at radius 1 is 0.974 bits per heavy atom. The van der Waals surface area contributed by atoms with Crippen molar-refractivity contribution in [3.8, 4) is 11.3 Å². The monoisotopic (exact) mass is 536 g/mol. The molecule has 11 heteroatoms. The van der Waals surface area contributed by atoms with Gasteiger partial charge in [-0.1, -0.05) is 0 Å². The second kappa shape index (κ2) is 11.7. The van der Waals surface area contributed by atoms with Crippen molar-refractivity contribution in [1.82, 2.24) is 34.3 Å². The Hall–Kier alpha value is -3.54. The number of aromatic nitrogens is 5. The molecule has 9 nitrogen and oxygen atoms in total. The summed E-state index contributed by atoms with van der Waals surface area (Å²) in [6.45, 7) is 12.3. The molecule has 1 aromatic carbocycles. The lowest BCUT2D eigenvalue weighted by atomic mass is 10.1. The summed E-state index contributed by atoms with van der Waals surface area (Å²) < 4.78 is 36.9. The fourth-order valence-corrected chi connectivity index (χ4v) is 5.03. The van der Waals surface area contributed by atoms with Gasteiger partial charge >= 0.3 is 0 Å². The number of hydrogen-bond acceptors (Lipinski definition) is 8. The minimum Gasteiger partial charge on any atom is -0.383 e. The highest BCUT2D eigenvalue weighted by molar-refractivity contribution is 5.83. The molecule has 1 aliphatic heterocycles. The standard InChI is InChI=1S/C28H34F2N8O/c1-18(2)38-19(3)33-27-23(29)13-20(14-25(27)38)26-24(30)16-32-28(35-26)34-21-5-6-22(31-15-21)17-37-9-7-36(8-10-37)11-12-39-4/h5-6,13-16,18H,7-12,17H2,1-4H3,(H,32,34,35). The van der Waals surface area contributed by atoms with E-state index in [1.165, 1.54) is 6.07 Å². The zero-order valence-electron chi connectivity index (χ0n) is 22.8. The SMILES string of the molecule is COCCN1CCN(Cc2ccc(Nc3ncc(F)c(-c4cc(F)c5nc(C)n(C(C)C)c5c4)n3)cn2)CC1. The number of halogens is 2. The van der Waals surface area contributed by atoms with E-state index in [2.05, 4.69) is 35.1 Å². The molecular formula is C28H34F2N8O. The Bertz CT molecular complexity index is 1430. The number of benzene rings is 1. The summed E-state index contributed by atoms with van der Waals surface area (Å²) in [4.78, 5) is 22.2. The van der Waals surface area contributed by atoms with Crippen LogP contribution in [0.2, 0.25) is 0 Å². The first-order chi connectivity index (χ1) is 18.8. The Morgan fingerprint density at radius 3 is 2.44 bits per heavy atom. The number of methoxy groups -OCH3 is 1. The van der Waals surface area contributed by atoms with Crippen LogP contribution in [0.3, 0.4) is 0 Å². The third-order valence-corrected chi connectivity index (χ3v) is 7.00. The Labute approximate surface area is 226 Å². The molecule has 4 heterocycles. The van der Waals surface area contributed by atoms with E-state index in [1.54, 1.807) is 19.4 Å². The first-order valence-corrected chi connectivity index (χ1v) is 13.2. The summed E-state index contributed by atoms with van der Waals surface area (Å²) in [7, 11) is 1.73. The van der Waals surface area contributed by atoms with Crippen LogP contribution in [0, 0.1) is 18.6 Å². The molecule has 0 unspecified atom stereocenters. The summed E-state index contributed by atoms with van der Waals surface area (Å²) in [6.07, 6.45) is 2.80. The lowest BCUT2D eigenvalue weighted by molar-refractivity contribution is 0.0932. The number of imidazole rings is 1. The van der Waals surface area contributed by atoms with Crippen molar-refractivity contribution in [3.05, 3.63) is 59.8 Å². The molecule has 0 aliphatic carbocycles. The third kappa shape index (κ3) is 6.05. The lowest BCUT2D eigenvalue weighted by Crippen LogP contribution is -2.46. The fraction of sp³-hybridized carbons (Fsp3) is 0.429. The van der Waals surface area contributed by atoms with Crippen molar-refractivity contribution in [1.29, 1.82) is 0 Å². The minimum atomic E-state index is -0.637. The van der Waals surface area contributed by atoms with Gasteiger partial charge in [-0.05, 0) is 45.0 Å². The predicted molar refractivity (Wildman–Crippen MR) is 147 cm³/mol. The predicted octanol–water partition coefficient (Wildman–Crippen LogP) is 4.56. The summed E-state index contributed by atoms with van der Waals surface area (Å²) in [5, 5.41) is 3.09. The molecule has 1 saturated heterocycles. The minimum absolute atomic E-state index is 0.0108. The summed E-state index contributed by atoms with van der Waals surface area (Å²) in [5.41, 5.74) is 2.83. The average Bonchev–Trinajstić information content (AvgIpc) is 3.27. The number of fused-ring (bicyclic) bond motifs is 1. The summed E-state index contributed by atoms with van der Waals surface area (Å²) in [5.74, 6) is -0.264. The second-order valence-corrected chi connectivity index (χ2v) is 10.1. The van der Waals surface area contributed by atoms with E-state index in [-0.39, 0.29) is 23.2 Å². The zero-order valence-corrected chi connectivity index (χ0v) is 22.8. The van der Waals surface area contributed by atoms with E-state index < -0.39 is 11.6 Å². The van der Waals surface area contributed by atoms with E-state index in [0.29, 0.717) is 22.6 Å². The molecule has 0 atom stereocenters. The van der Waals surface area contributed by atoms with Gasteiger partial charge in [0.15, 0.2) is 11.6 Å². The van der Waals surface area contributed by atoms with E-state index in [4.69, 9.17) is 4.74 Å². The number of pyridine rings is 1. The quantitative estimate of drug-likeness (QED) is 0.333. The number of hydrogen-bond donors (Lipinski definition) is 1. The summed E-state index contributed by atoms with van der Waals surface area (Å²) >= 11 is 0. The molecule has 0 saturated carbocycles. The van der Waals surface area contributed by atoms with Crippen molar-refractivity contribution in [3.63, 3.8) is 0 Å². The van der Waals surface area contributed by atoms with Gasteiger partial charge in [-0.2, -0.15) is 0 Å². The first-order valence-electron chi connectivity index (χ1n) is 13.2. The van der Waals surface area contributed by atoms with Crippen LogP contribution < -0.4 is 5.32 Å². The van der Waals surface area contributed by atoms with Crippen LogP contribution in [0.1, 0.15) is 31.4 Å². The van der Waals surface area contributed by atoms with E-state index in [9.17, 15) is 8.78 Å². The average molecular weight is 537 g/mol. The molecule has 0 amide bonds. The van der Waals surface area contributed by atoms with Gasteiger partial charge in [-0.3, -0.25) is 14.8 Å². The van der Waals surface area contributed by atoms with Crippen LogP contribution in [0.4, 0.5) is 20.4 Å².